The maximum atomic E-state index is 9.54. The van der Waals surface area contributed by atoms with Crippen LogP contribution >= 0.6 is 0 Å². The van der Waals surface area contributed by atoms with Crippen molar-refractivity contribution in [2.75, 3.05) is 0 Å². The van der Waals surface area contributed by atoms with Gasteiger partial charge in [-0.15, -0.1) is 0 Å². The first kappa shape index (κ1) is 10.4. The van der Waals surface area contributed by atoms with Gasteiger partial charge in [-0.3, -0.25) is 4.84 Å². The standard InChI is InChI=1S/C11H21NO2/c1-11(2)9(7-10(11)13)12-14-8-5-3-4-6-8/h8-10,12-13H,3-7H2,1-2H3. The molecule has 2 unspecified atom stereocenters. The average molecular weight is 199 g/mol. The van der Waals surface area contributed by atoms with Crippen LogP contribution < -0.4 is 5.48 Å². The highest BCUT2D eigenvalue weighted by atomic mass is 16.7. The second kappa shape index (κ2) is 3.80. The van der Waals surface area contributed by atoms with E-state index in [1.807, 2.05) is 0 Å². The second-order valence-corrected chi connectivity index (χ2v) is 5.27. The molecule has 0 heterocycles. The van der Waals surface area contributed by atoms with Gasteiger partial charge < -0.3 is 5.11 Å². The number of rotatable bonds is 3. The summed E-state index contributed by atoms with van der Waals surface area (Å²) < 4.78 is 0. The molecule has 2 N–H and O–H groups in total. The van der Waals surface area contributed by atoms with Gasteiger partial charge >= 0.3 is 0 Å². The highest BCUT2D eigenvalue weighted by molar-refractivity contribution is 5.00. The second-order valence-electron chi connectivity index (χ2n) is 5.27. The molecular weight excluding hydrogens is 178 g/mol. The summed E-state index contributed by atoms with van der Waals surface area (Å²) in [6.07, 6.45) is 6.01. The number of aliphatic hydroxyl groups is 1. The third-order valence-electron chi connectivity index (χ3n) is 3.90. The molecule has 0 aliphatic heterocycles. The molecule has 0 aromatic carbocycles. The van der Waals surface area contributed by atoms with Crippen LogP contribution in [0.25, 0.3) is 0 Å². The van der Waals surface area contributed by atoms with Crippen molar-refractivity contribution in [3.05, 3.63) is 0 Å². The lowest BCUT2D eigenvalue weighted by molar-refractivity contribution is -0.146. The van der Waals surface area contributed by atoms with Crippen LogP contribution in [0.1, 0.15) is 46.0 Å². The van der Waals surface area contributed by atoms with Crippen molar-refractivity contribution in [2.45, 2.75) is 64.2 Å². The number of aliphatic hydroxyl groups excluding tert-OH is 1. The van der Waals surface area contributed by atoms with E-state index < -0.39 is 0 Å². The number of hydrogen-bond donors (Lipinski definition) is 2. The average Bonchev–Trinajstić information content (AvgIpc) is 2.64. The summed E-state index contributed by atoms with van der Waals surface area (Å²) in [5.41, 5.74) is 3.09. The lowest BCUT2D eigenvalue weighted by Crippen LogP contribution is -2.60. The van der Waals surface area contributed by atoms with Crippen molar-refractivity contribution >= 4 is 0 Å². The molecular formula is C11H21NO2. The fraction of sp³-hybridized carbons (Fsp3) is 1.00. The Morgan fingerprint density at radius 2 is 1.93 bits per heavy atom. The van der Waals surface area contributed by atoms with Crippen LogP contribution in [0, 0.1) is 5.41 Å². The molecule has 2 rings (SSSR count). The summed E-state index contributed by atoms with van der Waals surface area (Å²) in [5, 5.41) is 9.54. The molecule has 2 aliphatic rings. The Bertz CT molecular complexity index is 199. The van der Waals surface area contributed by atoms with E-state index in [9.17, 15) is 5.11 Å². The molecule has 14 heavy (non-hydrogen) atoms. The van der Waals surface area contributed by atoms with Gasteiger partial charge in [-0.2, -0.15) is 5.48 Å². The van der Waals surface area contributed by atoms with Gasteiger partial charge in [0.15, 0.2) is 0 Å². The summed E-state index contributed by atoms with van der Waals surface area (Å²) in [6.45, 7) is 4.16. The molecule has 0 bridgehead atoms. The Balaban J connectivity index is 1.71. The van der Waals surface area contributed by atoms with Gasteiger partial charge in [0.25, 0.3) is 0 Å². The van der Waals surface area contributed by atoms with E-state index in [1.54, 1.807) is 0 Å². The highest BCUT2D eigenvalue weighted by Gasteiger charge is 2.47. The van der Waals surface area contributed by atoms with Crippen LogP contribution in [0.4, 0.5) is 0 Å². The predicted octanol–water partition coefficient (Wildman–Crippen LogP) is 1.61. The van der Waals surface area contributed by atoms with Crippen LogP contribution in [0.2, 0.25) is 0 Å². The van der Waals surface area contributed by atoms with Crippen molar-refractivity contribution in [3.8, 4) is 0 Å². The lowest BCUT2D eigenvalue weighted by atomic mass is 9.65. The first-order valence-corrected chi connectivity index (χ1v) is 5.70. The number of hydrogen-bond acceptors (Lipinski definition) is 3. The Labute approximate surface area is 85.8 Å². The predicted molar refractivity (Wildman–Crippen MR) is 54.7 cm³/mol. The Hall–Kier alpha value is -0.120. The summed E-state index contributed by atoms with van der Waals surface area (Å²) in [6, 6.07) is 0.318. The van der Waals surface area contributed by atoms with E-state index in [-0.39, 0.29) is 11.5 Å². The Morgan fingerprint density at radius 1 is 1.29 bits per heavy atom. The van der Waals surface area contributed by atoms with Crippen molar-refractivity contribution in [3.63, 3.8) is 0 Å². The van der Waals surface area contributed by atoms with Gasteiger partial charge in [0.05, 0.1) is 12.2 Å². The summed E-state index contributed by atoms with van der Waals surface area (Å²) in [4.78, 5) is 5.63. The SMILES string of the molecule is CC1(C)C(O)CC1NOC1CCCC1. The fourth-order valence-corrected chi connectivity index (χ4v) is 2.29. The number of hydroxylamine groups is 1. The van der Waals surface area contributed by atoms with Gasteiger partial charge in [-0.1, -0.05) is 26.7 Å². The molecule has 2 saturated carbocycles. The monoisotopic (exact) mass is 199 g/mol. The van der Waals surface area contributed by atoms with Crippen LogP contribution in [0.5, 0.6) is 0 Å². The first-order valence-electron chi connectivity index (χ1n) is 5.70. The minimum Gasteiger partial charge on any atom is -0.392 e. The molecule has 0 saturated heterocycles. The van der Waals surface area contributed by atoms with Crippen molar-refractivity contribution < 1.29 is 9.94 Å². The zero-order chi connectivity index (χ0) is 10.2. The van der Waals surface area contributed by atoms with E-state index in [2.05, 4.69) is 19.3 Å². The smallest absolute Gasteiger partial charge is 0.0790 e. The van der Waals surface area contributed by atoms with E-state index in [0.717, 1.165) is 6.42 Å². The van der Waals surface area contributed by atoms with Gasteiger partial charge in [-0.05, 0) is 19.3 Å². The molecule has 2 atom stereocenters. The van der Waals surface area contributed by atoms with Crippen molar-refractivity contribution in [1.82, 2.24) is 5.48 Å². The summed E-state index contributed by atoms with van der Waals surface area (Å²) >= 11 is 0. The van der Waals surface area contributed by atoms with Crippen LogP contribution in [-0.2, 0) is 4.84 Å². The van der Waals surface area contributed by atoms with E-state index in [0.29, 0.717) is 12.1 Å². The van der Waals surface area contributed by atoms with Gasteiger partial charge in [-0.25, -0.2) is 0 Å². The zero-order valence-corrected chi connectivity index (χ0v) is 9.12. The molecule has 0 radical (unpaired) electrons. The fourth-order valence-electron chi connectivity index (χ4n) is 2.29. The minimum atomic E-state index is -0.174. The third kappa shape index (κ3) is 1.81. The third-order valence-corrected chi connectivity index (χ3v) is 3.90. The molecule has 2 aliphatic carbocycles. The van der Waals surface area contributed by atoms with Crippen LogP contribution in [0.3, 0.4) is 0 Å². The molecule has 2 fully saturated rings. The molecule has 3 nitrogen and oxygen atoms in total. The summed E-state index contributed by atoms with van der Waals surface area (Å²) in [7, 11) is 0. The van der Waals surface area contributed by atoms with Crippen LogP contribution in [-0.4, -0.2) is 23.4 Å². The van der Waals surface area contributed by atoms with E-state index in [1.165, 1.54) is 25.7 Å². The molecule has 3 heteroatoms. The van der Waals surface area contributed by atoms with E-state index >= 15 is 0 Å². The van der Waals surface area contributed by atoms with Gasteiger partial charge in [0.2, 0.25) is 0 Å². The normalized spacial score (nSPS) is 37.1. The van der Waals surface area contributed by atoms with Gasteiger partial charge in [0, 0.05) is 11.5 Å². The molecule has 82 valence electrons. The van der Waals surface area contributed by atoms with Gasteiger partial charge in [0.1, 0.15) is 0 Å². The molecule has 0 aromatic heterocycles. The first-order chi connectivity index (χ1) is 6.60. The minimum absolute atomic E-state index is 0.0292. The largest absolute Gasteiger partial charge is 0.392 e. The highest BCUT2D eigenvalue weighted by Crippen LogP contribution is 2.40. The van der Waals surface area contributed by atoms with Crippen molar-refractivity contribution in [1.29, 1.82) is 0 Å². The zero-order valence-electron chi connectivity index (χ0n) is 9.12. The quantitative estimate of drug-likeness (QED) is 0.678. The molecule has 0 spiro atoms. The maximum Gasteiger partial charge on any atom is 0.0790 e. The molecule has 0 aromatic rings. The molecule has 0 amide bonds. The lowest BCUT2D eigenvalue weighted by Gasteiger charge is -2.49. The number of nitrogens with one attached hydrogen (secondary N) is 1. The van der Waals surface area contributed by atoms with E-state index in [4.69, 9.17) is 4.84 Å². The topological polar surface area (TPSA) is 41.5 Å². The maximum absolute atomic E-state index is 9.54. The Morgan fingerprint density at radius 3 is 2.43 bits per heavy atom. The van der Waals surface area contributed by atoms with Crippen LogP contribution in [0.15, 0.2) is 0 Å². The summed E-state index contributed by atoms with van der Waals surface area (Å²) in [5.74, 6) is 0. The Kier molecular flexibility index (Phi) is 2.82. The van der Waals surface area contributed by atoms with Crippen molar-refractivity contribution in [2.24, 2.45) is 5.41 Å².